The van der Waals surface area contributed by atoms with Crippen LogP contribution in [0.5, 0.6) is 11.7 Å². The Balaban J connectivity index is 2.58. The molecule has 0 atom stereocenters. The molecule has 2 aromatic rings. The van der Waals surface area contributed by atoms with Crippen molar-refractivity contribution in [2.24, 2.45) is 0 Å². The van der Waals surface area contributed by atoms with Crippen LogP contribution in [0, 0.1) is 0 Å². The van der Waals surface area contributed by atoms with Crippen molar-refractivity contribution in [2.75, 3.05) is 6.26 Å². The molecule has 0 saturated heterocycles. The number of furan rings is 1. The van der Waals surface area contributed by atoms with Gasteiger partial charge in [0.15, 0.2) is 0 Å². The number of hydrogen-bond donors (Lipinski definition) is 1. The van der Waals surface area contributed by atoms with E-state index in [4.69, 9.17) is 4.42 Å². The number of fused-ring (bicyclic) bond motifs is 1. The molecule has 1 heterocycles. The van der Waals surface area contributed by atoms with Gasteiger partial charge in [0.25, 0.3) is 0 Å². The molecule has 0 unspecified atom stereocenters. The van der Waals surface area contributed by atoms with E-state index in [2.05, 4.69) is 4.18 Å². The van der Waals surface area contributed by atoms with E-state index in [9.17, 15) is 13.5 Å². The third-order valence-electron chi connectivity index (χ3n) is 1.77. The Morgan fingerprint density at radius 1 is 1.33 bits per heavy atom. The summed E-state index contributed by atoms with van der Waals surface area (Å²) in [6.07, 6.45) is 0.875. The first kappa shape index (κ1) is 9.85. The fourth-order valence-corrected chi connectivity index (χ4v) is 1.59. The summed E-state index contributed by atoms with van der Waals surface area (Å²) in [6, 6.07) is 6.60. The standard InChI is InChI=1S/C9H8O5S/c1-15(11,12)14-9-8(10)6-4-2-3-5-7(6)13-9/h2-5,10H,1H3. The summed E-state index contributed by atoms with van der Waals surface area (Å²) in [4.78, 5) is 0. The average Bonchev–Trinajstić information content (AvgIpc) is 2.42. The third kappa shape index (κ3) is 1.89. The maximum Gasteiger partial charge on any atom is 0.345 e. The molecule has 1 aromatic carbocycles. The molecule has 2 rings (SSSR count). The number of benzene rings is 1. The lowest BCUT2D eigenvalue weighted by atomic mass is 10.2. The topological polar surface area (TPSA) is 76.7 Å². The van der Waals surface area contributed by atoms with Crippen molar-refractivity contribution >= 4 is 21.1 Å². The molecule has 0 aliphatic rings. The summed E-state index contributed by atoms with van der Waals surface area (Å²) >= 11 is 0. The summed E-state index contributed by atoms with van der Waals surface area (Å²) in [7, 11) is -3.70. The van der Waals surface area contributed by atoms with Crippen LogP contribution in [0.15, 0.2) is 28.7 Å². The zero-order valence-corrected chi connectivity index (χ0v) is 8.61. The Morgan fingerprint density at radius 2 is 2.00 bits per heavy atom. The predicted octanol–water partition coefficient (Wildman–Crippen LogP) is 1.48. The van der Waals surface area contributed by atoms with E-state index in [0.717, 1.165) is 6.26 Å². The van der Waals surface area contributed by atoms with E-state index in [1.807, 2.05) is 0 Å². The molecule has 0 aliphatic heterocycles. The maximum atomic E-state index is 10.8. The molecule has 5 nitrogen and oxygen atoms in total. The van der Waals surface area contributed by atoms with Crippen LogP contribution in [0.25, 0.3) is 11.0 Å². The normalized spacial score (nSPS) is 11.8. The highest BCUT2D eigenvalue weighted by Crippen LogP contribution is 2.38. The molecule has 0 fully saturated rings. The first-order valence-electron chi connectivity index (χ1n) is 4.07. The summed E-state index contributed by atoms with van der Waals surface area (Å²) in [5, 5.41) is 9.98. The molecule has 1 N–H and O–H groups in total. The van der Waals surface area contributed by atoms with Crippen molar-refractivity contribution in [2.45, 2.75) is 0 Å². The van der Waals surface area contributed by atoms with Gasteiger partial charge in [-0.3, -0.25) is 0 Å². The third-order valence-corrected chi connectivity index (χ3v) is 2.22. The fraction of sp³-hybridized carbons (Fsp3) is 0.111. The van der Waals surface area contributed by atoms with E-state index in [-0.39, 0.29) is 5.75 Å². The lowest BCUT2D eigenvalue weighted by Crippen LogP contribution is -2.04. The van der Waals surface area contributed by atoms with Gasteiger partial charge in [-0.1, -0.05) is 12.1 Å². The number of aromatic hydroxyl groups is 1. The highest BCUT2D eigenvalue weighted by Gasteiger charge is 2.17. The fourth-order valence-electron chi connectivity index (χ4n) is 1.20. The Kier molecular flexibility index (Phi) is 2.08. The van der Waals surface area contributed by atoms with E-state index >= 15 is 0 Å². The van der Waals surface area contributed by atoms with Gasteiger partial charge in [0.2, 0.25) is 5.75 Å². The number of hydrogen-bond acceptors (Lipinski definition) is 5. The molecule has 0 amide bonds. The summed E-state index contributed by atoms with van der Waals surface area (Å²) in [5.74, 6) is -0.713. The minimum atomic E-state index is -3.70. The largest absolute Gasteiger partial charge is 0.501 e. The molecule has 1 aromatic heterocycles. The molecular weight excluding hydrogens is 220 g/mol. The molecule has 15 heavy (non-hydrogen) atoms. The molecular formula is C9H8O5S. The lowest BCUT2D eigenvalue weighted by molar-refractivity contribution is 0.364. The van der Waals surface area contributed by atoms with Crippen molar-refractivity contribution in [3.63, 3.8) is 0 Å². The molecule has 80 valence electrons. The number of rotatable bonds is 2. The molecule has 6 heteroatoms. The lowest BCUT2D eigenvalue weighted by Gasteiger charge is -1.96. The van der Waals surface area contributed by atoms with Crippen LogP contribution in [-0.4, -0.2) is 19.8 Å². The second kappa shape index (κ2) is 3.16. The zero-order valence-electron chi connectivity index (χ0n) is 7.80. The van der Waals surface area contributed by atoms with Crippen LogP contribution in [0.1, 0.15) is 0 Å². The second-order valence-electron chi connectivity index (χ2n) is 3.02. The number of para-hydroxylation sites is 1. The van der Waals surface area contributed by atoms with Gasteiger partial charge in [-0.05, 0) is 12.1 Å². The van der Waals surface area contributed by atoms with Gasteiger partial charge >= 0.3 is 16.1 Å². The SMILES string of the molecule is CS(=O)(=O)Oc1oc2ccccc2c1O. The van der Waals surface area contributed by atoms with Gasteiger partial charge in [0, 0.05) is 0 Å². The van der Waals surface area contributed by atoms with Crippen molar-refractivity contribution in [1.29, 1.82) is 0 Å². The van der Waals surface area contributed by atoms with Crippen LogP contribution in [-0.2, 0) is 10.1 Å². The Bertz CT molecular complexity index is 596. The van der Waals surface area contributed by atoms with Crippen molar-refractivity contribution in [3.8, 4) is 11.7 Å². The van der Waals surface area contributed by atoms with Gasteiger partial charge < -0.3 is 13.7 Å². The van der Waals surface area contributed by atoms with Crippen LogP contribution in [0.3, 0.4) is 0 Å². The molecule has 0 radical (unpaired) electrons. The van der Waals surface area contributed by atoms with Crippen LogP contribution in [0.2, 0.25) is 0 Å². The van der Waals surface area contributed by atoms with E-state index in [0.29, 0.717) is 11.0 Å². The molecule has 0 bridgehead atoms. The average molecular weight is 228 g/mol. The van der Waals surface area contributed by atoms with E-state index < -0.39 is 16.1 Å². The summed E-state index contributed by atoms with van der Waals surface area (Å²) in [5.41, 5.74) is 0.369. The van der Waals surface area contributed by atoms with Gasteiger partial charge in [-0.25, -0.2) is 0 Å². The monoisotopic (exact) mass is 228 g/mol. The van der Waals surface area contributed by atoms with E-state index in [1.54, 1.807) is 24.3 Å². The minimum Gasteiger partial charge on any atom is -0.501 e. The predicted molar refractivity (Wildman–Crippen MR) is 53.4 cm³/mol. The Labute approximate surface area is 86.0 Å². The minimum absolute atomic E-state index is 0.309. The smallest absolute Gasteiger partial charge is 0.345 e. The van der Waals surface area contributed by atoms with Crippen molar-refractivity contribution in [1.82, 2.24) is 0 Å². The molecule has 0 aliphatic carbocycles. The highest BCUT2D eigenvalue weighted by atomic mass is 32.2. The van der Waals surface area contributed by atoms with Gasteiger partial charge in [-0.2, -0.15) is 8.42 Å². The van der Waals surface area contributed by atoms with Crippen LogP contribution in [0.4, 0.5) is 0 Å². The van der Waals surface area contributed by atoms with Gasteiger partial charge in [-0.15, -0.1) is 0 Å². The van der Waals surface area contributed by atoms with Crippen LogP contribution >= 0.6 is 0 Å². The molecule has 0 spiro atoms. The van der Waals surface area contributed by atoms with E-state index in [1.165, 1.54) is 0 Å². The molecule has 0 saturated carbocycles. The van der Waals surface area contributed by atoms with Crippen LogP contribution < -0.4 is 4.18 Å². The maximum absolute atomic E-state index is 10.8. The van der Waals surface area contributed by atoms with Gasteiger partial charge in [0.05, 0.1) is 11.6 Å². The second-order valence-corrected chi connectivity index (χ2v) is 4.60. The van der Waals surface area contributed by atoms with Crippen molar-refractivity contribution in [3.05, 3.63) is 24.3 Å². The summed E-state index contributed by atoms with van der Waals surface area (Å²) in [6.45, 7) is 0. The Hall–Kier alpha value is -1.69. The summed E-state index contributed by atoms with van der Waals surface area (Å²) < 4.78 is 31.2. The Morgan fingerprint density at radius 3 is 2.60 bits per heavy atom. The first-order valence-corrected chi connectivity index (χ1v) is 5.89. The first-order chi connectivity index (χ1) is 6.97. The van der Waals surface area contributed by atoms with Crippen molar-refractivity contribution < 1.29 is 22.1 Å². The van der Waals surface area contributed by atoms with Gasteiger partial charge in [0.1, 0.15) is 5.58 Å². The quantitative estimate of drug-likeness (QED) is 0.788. The highest BCUT2D eigenvalue weighted by molar-refractivity contribution is 7.86. The zero-order chi connectivity index (χ0) is 11.1.